The minimum atomic E-state index is 0. The van der Waals surface area contributed by atoms with Gasteiger partial charge in [0.15, 0.2) is 0 Å². The van der Waals surface area contributed by atoms with Crippen molar-refractivity contribution in [3.8, 4) is 0 Å². The van der Waals surface area contributed by atoms with Crippen LogP contribution in [0, 0.1) is 6.92 Å². The van der Waals surface area contributed by atoms with E-state index in [0.717, 1.165) is 0 Å². The van der Waals surface area contributed by atoms with Crippen LogP contribution in [0.5, 0.6) is 0 Å². The van der Waals surface area contributed by atoms with Gasteiger partial charge in [-0.1, -0.05) is 50.0 Å². The van der Waals surface area contributed by atoms with Gasteiger partial charge in [-0.25, -0.2) is 0 Å². The van der Waals surface area contributed by atoms with E-state index in [0.29, 0.717) is 0 Å². The largest absolute Gasteiger partial charge is 0.346 e. The molecule has 0 saturated carbocycles. The third kappa shape index (κ3) is 352. The van der Waals surface area contributed by atoms with E-state index in [-0.39, 0.29) is 83.5 Å². The zero-order chi connectivity index (χ0) is 4.71. The van der Waals surface area contributed by atoms with E-state index < -0.39 is 0 Å². The van der Waals surface area contributed by atoms with Crippen molar-refractivity contribution in [2.24, 2.45) is 0 Å². The maximum atomic E-state index is 3.25. The Labute approximate surface area is 116 Å². The first-order valence-corrected chi connectivity index (χ1v) is 2.12. The van der Waals surface area contributed by atoms with Gasteiger partial charge < -0.3 is 6.92 Å². The fraction of sp³-hybridized carbons (Fsp3) is 0.889. The van der Waals surface area contributed by atoms with Crippen molar-refractivity contribution in [3.63, 3.8) is 0 Å². The second kappa shape index (κ2) is 176. The van der Waals surface area contributed by atoms with Crippen LogP contribution in [0.3, 0.4) is 0 Å². The summed E-state index contributed by atoms with van der Waals surface area (Å²) in [5, 5.41) is 0. The minimum Gasteiger partial charge on any atom is -0.346 e. The Hall–Kier alpha value is 1.79. The van der Waals surface area contributed by atoms with Crippen molar-refractivity contribution < 1.29 is 53.8 Å². The molecule has 0 amide bonds. The van der Waals surface area contributed by atoms with Crippen LogP contribution in [0.4, 0.5) is 0 Å². The Morgan fingerprint density at radius 1 is 0.818 bits per heavy atom. The van der Waals surface area contributed by atoms with E-state index in [1.54, 1.807) is 6.92 Å². The maximum Gasteiger partial charge on any atom is 0 e. The summed E-state index contributed by atoms with van der Waals surface area (Å²) in [6.07, 6.45) is 1.25. The van der Waals surface area contributed by atoms with Crippen molar-refractivity contribution in [1.82, 2.24) is 0 Å². The molecule has 0 atom stereocenters. The fourth-order valence-electron chi connectivity index (χ4n) is 0. The molecule has 0 fully saturated rings. The van der Waals surface area contributed by atoms with Gasteiger partial charge in [-0.2, -0.15) is 6.92 Å². The Balaban J connectivity index is -0.00000000181. The molecule has 0 aromatic rings. The first-order chi connectivity index (χ1) is 2.41. The molecule has 0 aliphatic carbocycles. The second-order valence-corrected chi connectivity index (χ2v) is 0.707. The van der Waals surface area contributed by atoms with E-state index in [1.807, 2.05) is 0 Å². The van der Waals surface area contributed by atoms with Gasteiger partial charge in [0.25, 0.3) is 0 Å². The Morgan fingerprint density at radius 2 is 0.818 bits per heavy atom. The molecule has 0 N–H and O–H groups in total. The first-order valence-electron chi connectivity index (χ1n) is 2.12. The predicted molar refractivity (Wildman–Crippen MR) is 53.9 cm³/mol. The Bertz CT molecular complexity index is 9.52. The van der Waals surface area contributed by atoms with Crippen LogP contribution >= 0.6 is 0 Å². The molecule has 0 bridgehead atoms. The summed E-state index contributed by atoms with van der Waals surface area (Å²) >= 11 is 0. The second-order valence-electron chi connectivity index (χ2n) is 0.707. The van der Waals surface area contributed by atoms with Gasteiger partial charge in [0.2, 0.25) is 0 Å². The molecule has 0 aromatic carbocycles. The molecule has 75 valence electrons. The molecule has 0 unspecified atom stereocenters. The summed E-state index contributed by atoms with van der Waals surface area (Å²) in [4.78, 5) is 0. The van der Waals surface area contributed by atoms with Gasteiger partial charge in [0.1, 0.15) is 0 Å². The van der Waals surface area contributed by atoms with Crippen LogP contribution in [0.2, 0.25) is 0 Å². The average molecular weight is 410 g/mol. The Morgan fingerprint density at radius 3 is 0.818 bits per heavy atom. The summed E-state index contributed by atoms with van der Waals surface area (Å²) < 4.78 is 0. The summed E-state index contributed by atoms with van der Waals surface area (Å²) in [6, 6.07) is 0. The topological polar surface area (TPSA) is 0 Å². The standard InChI is InChI=1S/C3H8.C2H5.4CH4.W.Y/c1-3-2;1-2;;;;;;/h3H2,1-2H3;1H2,2H3;4*1H4;;/q;-1;;;;;;. The van der Waals surface area contributed by atoms with E-state index in [2.05, 4.69) is 20.8 Å². The third-order valence-corrected chi connectivity index (χ3v) is 0. The molecule has 0 aromatic heterocycles. The third-order valence-electron chi connectivity index (χ3n) is 0. The predicted octanol–water partition coefficient (Wildman–Crippen LogP) is 4.80. The van der Waals surface area contributed by atoms with Crippen LogP contribution in [-0.2, 0) is 53.8 Å². The van der Waals surface area contributed by atoms with Gasteiger partial charge in [-0.3, -0.25) is 0 Å². The molecule has 0 spiro atoms. The van der Waals surface area contributed by atoms with Gasteiger partial charge in [0.05, 0.1) is 0 Å². The molecule has 0 rings (SSSR count). The van der Waals surface area contributed by atoms with E-state index >= 15 is 0 Å². The van der Waals surface area contributed by atoms with Crippen molar-refractivity contribution in [1.29, 1.82) is 0 Å². The van der Waals surface area contributed by atoms with Crippen molar-refractivity contribution in [2.75, 3.05) is 0 Å². The van der Waals surface area contributed by atoms with Crippen LogP contribution in [-0.4, -0.2) is 0 Å². The molecule has 0 nitrogen and oxygen atoms in total. The molecule has 1 radical (unpaired) electrons. The zero-order valence-electron chi connectivity index (χ0n) is 5.40. The zero-order valence-corrected chi connectivity index (χ0v) is 11.2. The van der Waals surface area contributed by atoms with Crippen LogP contribution in [0.25, 0.3) is 0 Å². The average Bonchev–Trinajstić information content (AvgIpc) is 1.46. The molecule has 0 heterocycles. The fourth-order valence-corrected chi connectivity index (χ4v) is 0. The van der Waals surface area contributed by atoms with Crippen molar-refractivity contribution in [2.45, 2.75) is 56.9 Å². The van der Waals surface area contributed by atoms with E-state index in [4.69, 9.17) is 0 Å². The van der Waals surface area contributed by atoms with Gasteiger partial charge in [0, 0.05) is 53.8 Å². The van der Waals surface area contributed by atoms with Gasteiger partial charge in [-0.15, -0.1) is 0 Å². The maximum absolute atomic E-state index is 3.25. The monoisotopic (exact) mass is 410 g/mol. The molecular weight excluding hydrogens is 381 g/mol. The molecule has 2 heteroatoms. The van der Waals surface area contributed by atoms with Crippen LogP contribution in [0.1, 0.15) is 56.9 Å². The van der Waals surface area contributed by atoms with Gasteiger partial charge in [-0.05, 0) is 0 Å². The summed E-state index contributed by atoms with van der Waals surface area (Å²) in [6.45, 7) is 9.25. The van der Waals surface area contributed by atoms with Crippen molar-refractivity contribution in [3.05, 3.63) is 6.92 Å². The Kier molecular flexibility index (Phi) is 1240. The summed E-state index contributed by atoms with van der Waals surface area (Å²) in [5.41, 5.74) is 0. The summed E-state index contributed by atoms with van der Waals surface area (Å²) in [7, 11) is 0. The molecular formula is C9H29WY-. The van der Waals surface area contributed by atoms with Crippen LogP contribution in [0.15, 0.2) is 0 Å². The summed E-state index contributed by atoms with van der Waals surface area (Å²) in [5.74, 6) is 0. The van der Waals surface area contributed by atoms with Gasteiger partial charge >= 0.3 is 0 Å². The van der Waals surface area contributed by atoms with E-state index in [9.17, 15) is 0 Å². The van der Waals surface area contributed by atoms with E-state index in [1.165, 1.54) is 6.42 Å². The molecule has 0 aliphatic rings. The normalized spacial score (nSPS) is 2.18. The van der Waals surface area contributed by atoms with Crippen molar-refractivity contribution >= 4 is 0 Å². The van der Waals surface area contributed by atoms with Crippen LogP contribution < -0.4 is 0 Å². The smallest absolute Gasteiger partial charge is 0 e. The first kappa shape index (κ1) is 77.5. The number of hydrogen-bond donors (Lipinski definition) is 0. The SMILES string of the molecule is C.C.C.C.CCC.[CH2-]C.[W].[Y]. The molecule has 0 aliphatic heterocycles. The number of hydrogen-bond acceptors (Lipinski definition) is 0. The quantitative estimate of drug-likeness (QED) is 0.504. The molecule has 0 saturated heterocycles. The molecule has 11 heavy (non-hydrogen) atoms. The minimum absolute atomic E-state index is 0. The number of rotatable bonds is 0.